The van der Waals surface area contributed by atoms with Crippen molar-refractivity contribution in [2.75, 3.05) is 31.6 Å². The molecule has 1 unspecified atom stereocenters. The number of rotatable bonds is 6. The van der Waals surface area contributed by atoms with E-state index in [0.717, 1.165) is 84.0 Å². The summed E-state index contributed by atoms with van der Waals surface area (Å²) in [6.07, 6.45) is 1.05. The number of imidazole rings is 1. The topological polar surface area (TPSA) is 107 Å². The molecule has 0 radical (unpaired) electrons. The Labute approximate surface area is 338 Å². The van der Waals surface area contributed by atoms with Crippen LogP contribution in [0.1, 0.15) is 54.9 Å². The van der Waals surface area contributed by atoms with Gasteiger partial charge in [0.15, 0.2) is 11.5 Å². The molecule has 2 aromatic heterocycles. The van der Waals surface area contributed by atoms with Crippen molar-refractivity contribution in [1.82, 2.24) is 24.6 Å². The zero-order chi connectivity index (χ0) is 41.6. The molecule has 0 aliphatic carbocycles. The molecule has 0 saturated carbocycles. The average Bonchev–Trinajstić information content (AvgIpc) is 3.79. The molecule has 0 spiro atoms. The number of benzene rings is 4. The van der Waals surface area contributed by atoms with Crippen molar-refractivity contribution in [1.29, 1.82) is 0 Å². The number of hydrogen-bond donors (Lipinski definition) is 2. The zero-order valence-electron chi connectivity index (χ0n) is 32.8. The van der Waals surface area contributed by atoms with Crippen molar-refractivity contribution in [2.45, 2.75) is 59.0 Å². The number of nitrogens with zero attached hydrogens (tertiary/aromatic N) is 4. The van der Waals surface area contributed by atoms with E-state index in [0.29, 0.717) is 28.5 Å². The van der Waals surface area contributed by atoms with Crippen LogP contribution in [0.15, 0.2) is 78.9 Å². The highest BCUT2D eigenvalue weighted by Gasteiger charge is 2.42. The lowest BCUT2D eigenvalue weighted by molar-refractivity contribution is -0.110. The van der Waals surface area contributed by atoms with Gasteiger partial charge in [0.25, 0.3) is 5.79 Å². The van der Waals surface area contributed by atoms with E-state index in [2.05, 4.69) is 63.2 Å². The highest BCUT2D eigenvalue weighted by molar-refractivity contribution is 6.30. The number of aryl methyl sites for hydroxylation is 3. The summed E-state index contributed by atoms with van der Waals surface area (Å²) in [6, 6.07) is 22.4. The van der Waals surface area contributed by atoms with Crippen molar-refractivity contribution in [3.63, 3.8) is 0 Å². The van der Waals surface area contributed by atoms with Crippen LogP contribution in [-0.2, 0) is 28.9 Å². The fourth-order valence-electron chi connectivity index (χ4n) is 6.59. The lowest BCUT2D eigenvalue weighted by atomic mass is 9.98. The lowest BCUT2D eigenvalue weighted by Crippen LogP contribution is -2.32. The van der Waals surface area contributed by atoms with Crippen molar-refractivity contribution < 1.29 is 36.6 Å². The van der Waals surface area contributed by atoms with Gasteiger partial charge >= 0.3 is 6.18 Å². The number of alkyl halides is 3. The van der Waals surface area contributed by atoms with E-state index in [-0.39, 0.29) is 6.92 Å². The van der Waals surface area contributed by atoms with E-state index < -0.39 is 17.8 Å². The van der Waals surface area contributed by atoms with Crippen LogP contribution in [0.3, 0.4) is 0 Å². The number of para-hydroxylation sites is 1. The van der Waals surface area contributed by atoms with E-state index in [9.17, 15) is 22.4 Å². The van der Waals surface area contributed by atoms with Crippen LogP contribution in [0.25, 0.3) is 27.5 Å². The van der Waals surface area contributed by atoms with E-state index in [1.165, 1.54) is 23.6 Å². The number of ether oxygens (including phenoxy) is 3. The number of halogens is 5. The maximum Gasteiger partial charge on any atom is 0.386 e. The second-order valence-corrected chi connectivity index (χ2v) is 14.7. The first-order chi connectivity index (χ1) is 27.6. The van der Waals surface area contributed by atoms with Crippen molar-refractivity contribution >= 4 is 51.2 Å². The second-order valence-electron chi connectivity index (χ2n) is 14.3. The van der Waals surface area contributed by atoms with Gasteiger partial charge in [-0.2, -0.15) is 18.3 Å². The van der Waals surface area contributed by atoms with E-state index >= 15 is 0 Å². The fourth-order valence-corrected chi connectivity index (χ4v) is 6.75. The van der Waals surface area contributed by atoms with E-state index in [1.54, 1.807) is 19.1 Å². The van der Waals surface area contributed by atoms with Crippen molar-refractivity contribution in [3.05, 3.63) is 118 Å². The van der Waals surface area contributed by atoms with E-state index in [4.69, 9.17) is 30.8 Å². The van der Waals surface area contributed by atoms with Crippen molar-refractivity contribution in [2.24, 2.45) is 7.05 Å². The summed E-state index contributed by atoms with van der Waals surface area (Å²) < 4.78 is 65.1. The van der Waals surface area contributed by atoms with Crippen LogP contribution in [0, 0.1) is 19.7 Å². The third-order valence-corrected chi connectivity index (χ3v) is 9.92. The molecule has 58 heavy (non-hydrogen) atoms. The fraction of sp³-hybridized carbons (Fsp3) is 0.326. The molecule has 9 rings (SSSR count). The smallest absolute Gasteiger partial charge is 0.386 e. The number of aromatic nitrogens is 4. The Morgan fingerprint density at radius 1 is 1.02 bits per heavy atom. The molecule has 6 aromatic rings. The second kappa shape index (κ2) is 18.0. The molecule has 3 aliphatic heterocycles. The summed E-state index contributed by atoms with van der Waals surface area (Å²) in [5, 5.41) is 10.9. The van der Waals surface area contributed by atoms with Gasteiger partial charge in [-0.05, 0) is 92.4 Å². The van der Waals surface area contributed by atoms with Gasteiger partial charge in [-0.1, -0.05) is 35.9 Å². The highest BCUT2D eigenvalue weighted by Crippen LogP contribution is 2.49. The summed E-state index contributed by atoms with van der Waals surface area (Å²) in [6.45, 7) is 10.5. The van der Waals surface area contributed by atoms with Crippen LogP contribution in [-0.4, -0.2) is 63.5 Å². The Morgan fingerprint density at radius 3 is 2.41 bits per heavy atom. The number of fused-ring (bicyclic) bond motifs is 3. The Bertz CT molecular complexity index is 2420. The number of anilines is 1. The van der Waals surface area contributed by atoms with Gasteiger partial charge in [-0.3, -0.25) is 14.8 Å². The Morgan fingerprint density at radius 2 is 1.76 bits per heavy atom. The summed E-state index contributed by atoms with van der Waals surface area (Å²) in [5.41, 5.74) is 8.62. The molecular formula is C43H45ClF4N6O4. The highest BCUT2D eigenvalue weighted by atomic mass is 35.5. The van der Waals surface area contributed by atoms with Crippen LogP contribution in [0.5, 0.6) is 11.5 Å². The number of hydrogen-bond acceptors (Lipinski definition) is 7. The zero-order valence-corrected chi connectivity index (χ0v) is 33.6. The number of nitrogens with one attached hydrogen (secondary N) is 2. The third-order valence-electron chi connectivity index (χ3n) is 9.68. The minimum Gasteiger partial charge on any atom is -0.444 e. The molecule has 15 heteroatoms. The molecule has 5 heterocycles. The maximum atomic E-state index is 14.7. The first kappa shape index (κ1) is 42.2. The Kier molecular flexibility index (Phi) is 13.1. The summed E-state index contributed by atoms with van der Waals surface area (Å²) in [4.78, 5) is 17.5. The van der Waals surface area contributed by atoms with Gasteiger partial charge in [-0.15, -0.1) is 0 Å². The molecule has 10 nitrogen and oxygen atoms in total. The SMILES string of the molecule is C1COC1.CC(F)(F)F.Cc1[nH]nc2ccc(NC=O)cc12.Cc1ccc2c(c1)nc(CN1CC=C(c3cccc4c3OC(C)(c3ccc(Cl)cc3F)O4)CC1)n2C. The van der Waals surface area contributed by atoms with Gasteiger partial charge in [0.05, 0.1) is 28.7 Å². The first-order valence-electron chi connectivity index (χ1n) is 18.7. The first-order valence-corrected chi connectivity index (χ1v) is 19.1. The Hall–Kier alpha value is -5.44. The molecule has 306 valence electrons. The summed E-state index contributed by atoms with van der Waals surface area (Å²) >= 11 is 5.94. The third kappa shape index (κ3) is 10.3. The minimum atomic E-state index is -4.00. The van der Waals surface area contributed by atoms with Crippen LogP contribution >= 0.6 is 11.6 Å². The molecule has 1 fully saturated rings. The van der Waals surface area contributed by atoms with Crippen LogP contribution in [0.4, 0.5) is 23.2 Å². The number of aromatic amines is 1. The molecule has 1 amide bonds. The predicted molar refractivity (Wildman–Crippen MR) is 217 cm³/mol. The molecule has 2 N–H and O–H groups in total. The monoisotopic (exact) mass is 820 g/mol. The summed E-state index contributed by atoms with van der Waals surface area (Å²) in [5.74, 6) is 0.615. The number of H-pyrrole nitrogens is 1. The molecule has 4 aromatic carbocycles. The van der Waals surface area contributed by atoms with Gasteiger partial charge < -0.3 is 24.1 Å². The van der Waals surface area contributed by atoms with Crippen LogP contribution in [0.2, 0.25) is 5.02 Å². The Balaban J connectivity index is 0.000000209. The van der Waals surface area contributed by atoms with E-state index in [1.807, 2.05) is 43.3 Å². The number of carbonyl (C=O) groups excluding carboxylic acids is 1. The van der Waals surface area contributed by atoms with Crippen molar-refractivity contribution in [3.8, 4) is 11.5 Å². The molecule has 0 bridgehead atoms. The molecule has 1 atom stereocenters. The molecule has 3 aliphatic rings. The van der Waals surface area contributed by atoms with Gasteiger partial charge in [0.2, 0.25) is 6.41 Å². The average molecular weight is 821 g/mol. The van der Waals surface area contributed by atoms with Crippen LogP contribution < -0.4 is 14.8 Å². The molecule has 1 saturated heterocycles. The largest absolute Gasteiger partial charge is 0.444 e. The number of amides is 1. The summed E-state index contributed by atoms with van der Waals surface area (Å²) in [7, 11) is 2.08. The standard InChI is InChI=1S/C29H27ClFN3O2.C9H9N3O.C3H6O.C2H3F3/c1-18-7-10-25-24(15-18)32-27(33(25)3)17-34-13-11-19(12-14-34)21-5-4-6-26-28(21)36-29(2,35-26)22-9-8-20(30)16-23(22)31;1-6-8-4-7(10-5-13)2-3-9(8)12-11-6;1-2-4-3-1;1-2(3,4)5/h4-11,15-16H,12-14,17H2,1-3H3;2-5H,1H3,(H,10,13)(H,11,12);1-3H2;1H3. The number of carbonyl (C=O) groups is 1. The predicted octanol–water partition coefficient (Wildman–Crippen LogP) is 10.0. The van der Waals surface area contributed by atoms with Gasteiger partial charge in [0.1, 0.15) is 11.6 Å². The minimum absolute atomic E-state index is 0.188. The lowest BCUT2D eigenvalue weighted by Gasteiger charge is -2.27. The van der Waals surface area contributed by atoms with Gasteiger partial charge in [0, 0.05) is 74.6 Å². The normalized spacial score (nSPS) is 17.2. The van der Waals surface area contributed by atoms with Gasteiger partial charge in [-0.25, -0.2) is 9.37 Å². The molecular weight excluding hydrogens is 776 g/mol. The maximum absolute atomic E-state index is 14.7. The quantitative estimate of drug-likeness (QED) is 0.127.